The molecule has 0 saturated carbocycles. The van der Waals surface area contributed by atoms with E-state index < -0.39 is 15.9 Å². The highest BCUT2D eigenvalue weighted by atomic mass is 35.5. The smallest absolute Gasteiger partial charge is 0.243 e. The van der Waals surface area contributed by atoms with Gasteiger partial charge in [0, 0.05) is 20.7 Å². The molecule has 9 heteroatoms. The number of nitrogens with one attached hydrogen (secondary N) is 1. The standard InChI is InChI=1S/C14H21ClN2O5S/c1-4-22-13-6-5-11(9-12(13)15)23(19,20)17(2)10-14(18)16-7-8-21-3/h5-6,9H,4,7-8,10H2,1-3H3,(H,16,18). The highest BCUT2D eigenvalue weighted by molar-refractivity contribution is 7.89. The lowest BCUT2D eigenvalue weighted by molar-refractivity contribution is -0.121. The molecule has 0 heterocycles. The number of carbonyl (C=O) groups excluding carboxylic acids is 1. The zero-order chi connectivity index (χ0) is 17.5. The maximum absolute atomic E-state index is 12.4. The van der Waals surface area contributed by atoms with Gasteiger partial charge in [-0.25, -0.2) is 8.42 Å². The quantitative estimate of drug-likeness (QED) is 0.664. The normalized spacial score (nSPS) is 11.5. The van der Waals surface area contributed by atoms with Crippen LogP contribution < -0.4 is 10.1 Å². The molecule has 1 aromatic rings. The van der Waals surface area contributed by atoms with Crippen LogP contribution in [-0.2, 0) is 19.6 Å². The van der Waals surface area contributed by atoms with E-state index in [0.29, 0.717) is 25.5 Å². The van der Waals surface area contributed by atoms with Crippen molar-refractivity contribution in [2.45, 2.75) is 11.8 Å². The molecule has 1 amide bonds. The van der Waals surface area contributed by atoms with E-state index >= 15 is 0 Å². The van der Waals surface area contributed by atoms with E-state index in [4.69, 9.17) is 21.1 Å². The first kappa shape index (κ1) is 19.7. The lowest BCUT2D eigenvalue weighted by atomic mass is 10.3. The van der Waals surface area contributed by atoms with Gasteiger partial charge in [-0.05, 0) is 25.1 Å². The Balaban J connectivity index is 2.81. The van der Waals surface area contributed by atoms with E-state index in [1.807, 2.05) is 0 Å². The summed E-state index contributed by atoms with van der Waals surface area (Å²) in [6, 6.07) is 4.19. The van der Waals surface area contributed by atoms with Crippen molar-refractivity contribution in [1.29, 1.82) is 0 Å². The Labute approximate surface area is 141 Å². The highest BCUT2D eigenvalue weighted by Gasteiger charge is 2.23. The third-order valence-corrected chi connectivity index (χ3v) is 5.00. The molecular weight excluding hydrogens is 344 g/mol. The maximum Gasteiger partial charge on any atom is 0.243 e. The number of benzene rings is 1. The van der Waals surface area contributed by atoms with E-state index in [1.165, 1.54) is 32.4 Å². The number of sulfonamides is 1. The Morgan fingerprint density at radius 3 is 2.65 bits per heavy atom. The summed E-state index contributed by atoms with van der Waals surface area (Å²) in [7, 11) is -0.976. The van der Waals surface area contributed by atoms with Crippen molar-refractivity contribution in [1.82, 2.24) is 9.62 Å². The number of hydrogen-bond acceptors (Lipinski definition) is 5. The number of amides is 1. The molecule has 0 aliphatic carbocycles. The van der Waals surface area contributed by atoms with E-state index in [-0.39, 0.29) is 16.5 Å². The summed E-state index contributed by atoms with van der Waals surface area (Å²) in [6.45, 7) is 2.61. The van der Waals surface area contributed by atoms with Gasteiger partial charge in [-0.15, -0.1) is 0 Å². The minimum atomic E-state index is -3.82. The minimum absolute atomic E-state index is 0.00172. The third kappa shape index (κ3) is 5.65. The topological polar surface area (TPSA) is 84.9 Å². The van der Waals surface area contributed by atoms with Crippen molar-refractivity contribution < 1.29 is 22.7 Å². The van der Waals surface area contributed by atoms with Crippen LogP contribution in [0.15, 0.2) is 23.1 Å². The molecule has 130 valence electrons. The van der Waals surface area contributed by atoms with Crippen molar-refractivity contribution in [2.24, 2.45) is 0 Å². The van der Waals surface area contributed by atoms with Gasteiger partial charge in [-0.1, -0.05) is 11.6 Å². The SMILES string of the molecule is CCOc1ccc(S(=O)(=O)N(C)CC(=O)NCCOC)cc1Cl. The number of ether oxygens (including phenoxy) is 2. The van der Waals surface area contributed by atoms with Crippen LogP contribution >= 0.6 is 11.6 Å². The lowest BCUT2D eigenvalue weighted by Gasteiger charge is -2.17. The van der Waals surface area contributed by atoms with Crippen LogP contribution in [0.2, 0.25) is 5.02 Å². The van der Waals surface area contributed by atoms with Crippen LogP contribution in [0, 0.1) is 0 Å². The first-order chi connectivity index (χ1) is 10.8. The average molecular weight is 365 g/mol. The van der Waals surface area contributed by atoms with E-state index in [2.05, 4.69) is 5.32 Å². The predicted octanol–water partition coefficient (Wildman–Crippen LogP) is 1.12. The van der Waals surface area contributed by atoms with Crippen molar-refractivity contribution >= 4 is 27.5 Å². The Kier molecular flexibility index (Phi) is 7.77. The predicted molar refractivity (Wildman–Crippen MR) is 87.3 cm³/mol. The molecule has 1 N–H and O–H groups in total. The molecule has 0 saturated heterocycles. The van der Waals surface area contributed by atoms with Crippen LogP contribution in [-0.4, -0.2) is 59.1 Å². The van der Waals surface area contributed by atoms with Crippen LogP contribution in [0.5, 0.6) is 5.75 Å². The number of carbonyl (C=O) groups is 1. The molecule has 1 aromatic carbocycles. The second-order valence-corrected chi connectivity index (χ2v) is 7.08. The fraction of sp³-hybridized carbons (Fsp3) is 0.500. The Bertz CT molecular complexity index is 636. The summed E-state index contributed by atoms with van der Waals surface area (Å²) >= 11 is 6.01. The van der Waals surface area contributed by atoms with E-state index in [1.54, 1.807) is 6.92 Å². The number of hydrogen-bond donors (Lipinski definition) is 1. The zero-order valence-corrected chi connectivity index (χ0v) is 14.9. The lowest BCUT2D eigenvalue weighted by Crippen LogP contribution is -2.39. The largest absolute Gasteiger partial charge is 0.492 e. The molecule has 0 unspecified atom stereocenters. The van der Waals surface area contributed by atoms with Gasteiger partial charge in [0.1, 0.15) is 5.75 Å². The highest BCUT2D eigenvalue weighted by Crippen LogP contribution is 2.28. The summed E-state index contributed by atoms with van der Waals surface area (Å²) in [4.78, 5) is 11.7. The van der Waals surface area contributed by atoms with Gasteiger partial charge >= 0.3 is 0 Å². The fourth-order valence-electron chi connectivity index (χ4n) is 1.73. The zero-order valence-electron chi connectivity index (χ0n) is 13.3. The number of likely N-dealkylation sites (N-methyl/N-ethyl adjacent to an activating group) is 1. The minimum Gasteiger partial charge on any atom is -0.492 e. The van der Waals surface area contributed by atoms with Crippen molar-refractivity contribution in [3.63, 3.8) is 0 Å². The molecule has 0 aromatic heterocycles. The fourth-order valence-corrected chi connectivity index (χ4v) is 3.18. The van der Waals surface area contributed by atoms with Gasteiger partial charge in [-0.3, -0.25) is 4.79 Å². The molecule has 0 atom stereocenters. The van der Waals surface area contributed by atoms with Gasteiger partial charge < -0.3 is 14.8 Å². The molecule has 0 spiro atoms. The molecule has 0 aliphatic heterocycles. The van der Waals surface area contributed by atoms with Crippen LogP contribution in [0.3, 0.4) is 0 Å². The maximum atomic E-state index is 12.4. The third-order valence-electron chi connectivity index (χ3n) is 2.91. The summed E-state index contributed by atoms with van der Waals surface area (Å²) < 4.78 is 35.9. The number of rotatable bonds is 9. The first-order valence-electron chi connectivity index (χ1n) is 6.97. The Morgan fingerprint density at radius 2 is 2.09 bits per heavy atom. The number of methoxy groups -OCH3 is 1. The van der Waals surface area contributed by atoms with Crippen LogP contribution in [0.25, 0.3) is 0 Å². The monoisotopic (exact) mass is 364 g/mol. The molecule has 1 rings (SSSR count). The molecule has 23 heavy (non-hydrogen) atoms. The van der Waals surface area contributed by atoms with E-state index in [0.717, 1.165) is 4.31 Å². The molecular formula is C14H21ClN2O5S. The molecule has 7 nitrogen and oxygen atoms in total. The molecule has 0 bridgehead atoms. The van der Waals surface area contributed by atoms with Crippen molar-refractivity contribution in [3.05, 3.63) is 23.2 Å². The van der Waals surface area contributed by atoms with Crippen LogP contribution in [0.4, 0.5) is 0 Å². The van der Waals surface area contributed by atoms with Gasteiger partial charge in [0.2, 0.25) is 15.9 Å². The van der Waals surface area contributed by atoms with Gasteiger partial charge in [-0.2, -0.15) is 4.31 Å². The van der Waals surface area contributed by atoms with Crippen molar-refractivity contribution in [3.8, 4) is 5.75 Å². The second-order valence-electron chi connectivity index (χ2n) is 4.63. The van der Waals surface area contributed by atoms with Gasteiger partial charge in [0.05, 0.1) is 29.7 Å². The average Bonchev–Trinajstić information content (AvgIpc) is 2.49. The second kappa shape index (κ2) is 9.07. The summed E-state index contributed by atoms with van der Waals surface area (Å²) in [5.41, 5.74) is 0. The Morgan fingerprint density at radius 1 is 1.39 bits per heavy atom. The van der Waals surface area contributed by atoms with Crippen LogP contribution in [0.1, 0.15) is 6.92 Å². The number of halogens is 1. The van der Waals surface area contributed by atoms with Crippen molar-refractivity contribution in [2.75, 3.05) is 40.5 Å². The molecule has 0 fully saturated rings. The van der Waals surface area contributed by atoms with Gasteiger partial charge in [0.25, 0.3) is 0 Å². The first-order valence-corrected chi connectivity index (χ1v) is 8.79. The molecule has 0 aliphatic rings. The summed E-state index contributed by atoms with van der Waals surface area (Å²) in [5, 5.41) is 2.76. The number of nitrogens with zero attached hydrogens (tertiary/aromatic N) is 1. The Hall–Kier alpha value is -1.35. The van der Waals surface area contributed by atoms with Gasteiger partial charge in [0.15, 0.2) is 0 Å². The van der Waals surface area contributed by atoms with E-state index in [9.17, 15) is 13.2 Å². The summed E-state index contributed by atoms with van der Waals surface area (Å²) in [6.07, 6.45) is 0. The summed E-state index contributed by atoms with van der Waals surface area (Å²) in [5.74, 6) is -0.00163. The molecule has 0 radical (unpaired) electrons.